The number of ether oxygens (including phenoxy) is 2. The minimum absolute atomic E-state index is 0.201. The number of benzene rings is 1. The number of carbonyl (C=O) groups is 2. The van der Waals surface area contributed by atoms with Crippen LogP contribution in [0.15, 0.2) is 36.4 Å². The molecule has 2 fully saturated rings. The van der Waals surface area contributed by atoms with Gasteiger partial charge in [0.2, 0.25) is 5.91 Å². The molecular weight excluding hydrogens is 286 g/mol. The predicted octanol–water partition coefficient (Wildman–Crippen LogP) is 1.07. The van der Waals surface area contributed by atoms with Crippen molar-refractivity contribution in [1.29, 1.82) is 0 Å². The van der Waals surface area contributed by atoms with Crippen molar-refractivity contribution in [1.82, 2.24) is 0 Å². The van der Waals surface area contributed by atoms with Gasteiger partial charge >= 0.3 is 5.97 Å². The van der Waals surface area contributed by atoms with Gasteiger partial charge in [-0.1, -0.05) is 18.2 Å². The summed E-state index contributed by atoms with van der Waals surface area (Å²) < 4.78 is 11.0. The van der Waals surface area contributed by atoms with E-state index in [0.717, 1.165) is 0 Å². The van der Waals surface area contributed by atoms with E-state index in [9.17, 15) is 14.7 Å². The number of anilines is 1. The molecule has 1 aromatic carbocycles. The highest BCUT2D eigenvalue weighted by Gasteiger charge is 2.67. The van der Waals surface area contributed by atoms with Gasteiger partial charge in [-0.2, -0.15) is 0 Å². The van der Waals surface area contributed by atoms with Gasteiger partial charge in [0.15, 0.2) is 0 Å². The Morgan fingerprint density at radius 1 is 1.50 bits per heavy atom. The fraction of sp³-hybridized carbons (Fsp3) is 0.375. The van der Waals surface area contributed by atoms with Crippen molar-refractivity contribution in [2.45, 2.75) is 11.7 Å². The molecule has 114 valence electrons. The lowest BCUT2D eigenvalue weighted by Gasteiger charge is -2.21. The summed E-state index contributed by atoms with van der Waals surface area (Å²) in [7, 11) is 1.56. The molecule has 22 heavy (non-hydrogen) atoms. The quantitative estimate of drug-likeness (QED) is 0.845. The first-order valence-electron chi connectivity index (χ1n) is 7.11. The Bertz CT molecular complexity index is 700. The van der Waals surface area contributed by atoms with Crippen molar-refractivity contribution in [3.8, 4) is 5.75 Å². The molecule has 4 rings (SSSR count). The molecule has 1 spiro atoms. The number of rotatable bonds is 3. The Labute approximate surface area is 126 Å². The van der Waals surface area contributed by atoms with Crippen LogP contribution in [0, 0.1) is 11.8 Å². The van der Waals surface area contributed by atoms with E-state index in [0.29, 0.717) is 18.0 Å². The first-order chi connectivity index (χ1) is 10.6. The second kappa shape index (κ2) is 4.33. The molecule has 0 saturated carbocycles. The van der Waals surface area contributed by atoms with Crippen LogP contribution < -0.4 is 9.64 Å². The number of carbonyl (C=O) groups excluding carboxylic acids is 1. The monoisotopic (exact) mass is 301 g/mol. The summed E-state index contributed by atoms with van der Waals surface area (Å²) in [5.41, 5.74) is -0.119. The van der Waals surface area contributed by atoms with Gasteiger partial charge in [-0.05, 0) is 12.1 Å². The number of carboxylic acids is 1. The van der Waals surface area contributed by atoms with E-state index in [1.165, 1.54) is 0 Å². The largest absolute Gasteiger partial charge is 0.497 e. The summed E-state index contributed by atoms with van der Waals surface area (Å²) in [5.74, 6) is -2.01. The molecule has 0 unspecified atom stereocenters. The van der Waals surface area contributed by atoms with Crippen molar-refractivity contribution >= 4 is 17.6 Å². The maximum absolute atomic E-state index is 12.8. The highest BCUT2D eigenvalue weighted by atomic mass is 16.5. The summed E-state index contributed by atoms with van der Waals surface area (Å²) >= 11 is 0. The summed E-state index contributed by atoms with van der Waals surface area (Å²) in [6, 6.07) is 7.17. The Balaban J connectivity index is 1.73. The van der Waals surface area contributed by atoms with Crippen LogP contribution in [0.25, 0.3) is 0 Å². The molecule has 1 N–H and O–H groups in total. The summed E-state index contributed by atoms with van der Waals surface area (Å²) in [6.45, 7) is 0.334. The van der Waals surface area contributed by atoms with E-state index < -0.39 is 29.5 Å². The fourth-order valence-electron chi connectivity index (χ4n) is 3.78. The molecule has 3 aliphatic rings. The molecule has 1 amide bonds. The first-order valence-corrected chi connectivity index (χ1v) is 7.11. The standard InChI is InChI=1S/C16H15NO5/c1-21-10-4-2-3-9(7-10)17-8-16-6-5-11(22-16)12(15(19)20)13(16)14(17)18/h2-7,11-13H,8H2,1H3,(H,19,20)/t11-,12+,13+,16+/m0/s1. The molecule has 3 aliphatic heterocycles. The van der Waals surface area contributed by atoms with Gasteiger partial charge in [-0.25, -0.2) is 0 Å². The van der Waals surface area contributed by atoms with Gasteiger partial charge in [-0.15, -0.1) is 0 Å². The zero-order valence-electron chi connectivity index (χ0n) is 11.9. The SMILES string of the molecule is COc1cccc(N2C[C@@]34C=C[C@H](O3)[C@@H](C(=O)O)[C@@H]4C2=O)c1. The third kappa shape index (κ3) is 1.58. The minimum atomic E-state index is -0.984. The molecule has 3 heterocycles. The van der Waals surface area contributed by atoms with E-state index in [4.69, 9.17) is 9.47 Å². The summed E-state index contributed by atoms with van der Waals surface area (Å²) in [6.07, 6.45) is 3.11. The zero-order valence-corrected chi connectivity index (χ0v) is 11.9. The Morgan fingerprint density at radius 3 is 3.05 bits per heavy atom. The van der Waals surface area contributed by atoms with E-state index in [1.807, 2.05) is 12.1 Å². The number of aliphatic carboxylic acids is 1. The topological polar surface area (TPSA) is 76.1 Å². The maximum Gasteiger partial charge on any atom is 0.310 e. The van der Waals surface area contributed by atoms with E-state index >= 15 is 0 Å². The van der Waals surface area contributed by atoms with Crippen LogP contribution in [0.2, 0.25) is 0 Å². The first kappa shape index (κ1) is 13.3. The van der Waals surface area contributed by atoms with Crippen molar-refractivity contribution in [2.24, 2.45) is 11.8 Å². The van der Waals surface area contributed by atoms with Crippen molar-refractivity contribution < 1.29 is 24.2 Å². The van der Waals surface area contributed by atoms with Gasteiger partial charge in [0.05, 0.1) is 25.7 Å². The van der Waals surface area contributed by atoms with Gasteiger partial charge in [0.25, 0.3) is 0 Å². The normalized spacial score (nSPS) is 35.0. The highest BCUT2D eigenvalue weighted by Crippen LogP contribution is 2.52. The van der Waals surface area contributed by atoms with Crippen LogP contribution in [-0.4, -0.2) is 42.3 Å². The van der Waals surface area contributed by atoms with Crippen molar-refractivity contribution in [3.05, 3.63) is 36.4 Å². The molecule has 2 saturated heterocycles. The average molecular weight is 301 g/mol. The summed E-state index contributed by atoms with van der Waals surface area (Å²) in [5, 5.41) is 9.43. The van der Waals surface area contributed by atoms with Crippen LogP contribution in [-0.2, 0) is 14.3 Å². The molecule has 6 heteroatoms. The lowest BCUT2D eigenvalue weighted by molar-refractivity contribution is -0.146. The van der Waals surface area contributed by atoms with Crippen LogP contribution in [0.4, 0.5) is 5.69 Å². The number of hydrogen-bond acceptors (Lipinski definition) is 4. The van der Waals surface area contributed by atoms with Crippen LogP contribution in [0.1, 0.15) is 0 Å². The van der Waals surface area contributed by atoms with Crippen LogP contribution >= 0.6 is 0 Å². The van der Waals surface area contributed by atoms with Crippen LogP contribution in [0.3, 0.4) is 0 Å². The summed E-state index contributed by atoms with van der Waals surface area (Å²) in [4.78, 5) is 25.9. The van der Waals surface area contributed by atoms with Gasteiger partial charge in [0.1, 0.15) is 17.3 Å². The number of nitrogens with zero attached hydrogens (tertiary/aromatic N) is 1. The van der Waals surface area contributed by atoms with Crippen LogP contribution in [0.5, 0.6) is 5.75 Å². The number of amides is 1. The third-order valence-electron chi connectivity index (χ3n) is 4.75. The molecule has 6 nitrogen and oxygen atoms in total. The van der Waals surface area contributed by atoms with Gasteiger partial charge in [-0.3, -0.25) is 9.59 Å². The Kier molecular flexibility index (Phi) is 2.62. The number of hydrogen-bond donors (Lipinski definition) is 1. The van der Waals surface area contributed by atoms with Crippen molar-refractivity contribution in [2.75, 3.05) is 18.6 Å². The highest BCUT2D eigenvalue weighted by molar-refractivity contribution is 6.02. The number of fused-ring (bicyclic) bond motifs is 1. The fourth-order valence-corrected chi connectivity index (χ4v) is 3.78. The molecule has 1 aromatic rings. The predicted molar refractivity (Wildman–Crippen MR) is 76.7 cm³/mol. The molecule has 2 bridgehead atoms. The molecular formula is C16H15NO5. The van der Waals surface area contributed by atoms with E-state index in [2.05, 4.69) is 0 Å². The maximum atomic E-state index is 12.8. The molecule has 0 aliphatic carbocycles. The van der Waals surface area contributed by atoms with Crippen molar-refractivity contribution in [3.63, 3.8) is 0 Å². The second-order valence-electron chi connectivity index (χ2n) is 5.86. The smallest absolute Gasteiger partial charge is 0.310 e. The molecule has 0 aromatic heterocycles. The average Bonchev–Trinajstić information content (AvgIpc) is 3.15. The Morgan fingerprint density at radius 2 is 2.32 bits per heavy atom. The zero-order chi connectivity index (χ0) is 15.5. The number of carboxylic acid groups (broad SMARTS) is 1. The number of methoxy groups -OCH3 is 1. The lowest BCUT2D eigenvalue weighted by Crippen LogP contribution is -2.39. The molecule has 0 radical (unpaired) electrons. The minimum Gasteiger partial charge on any atom is -0.497 e. The van der Waals surface area contributed by atoms with E-state index in [-0.39, 0.29) is 5.91 Å². The third-order valence-corrected chi connectivity index (χ3v) is 4.75. The lowest BCUT2D eigenvalue weighted by atomic mass is 9.77. The van der Waals surface area contributed by atoms with Gasteiger partial charge in [0, 0.05) is 11.8 Å². The Hall–Kier alpha value is -2.34. The van der Waals surface area contributed by atoms with E-state index in [1.54, 1.807) is 36.3 Å². The van der Waals surface area contributed by atoms with Gasteiger partial charge < -0.3 is 19.5 Å². The molecule has 4 atom stereocenters. The second-order valence-corrected chi connectivity index (χ2v) is 5.86.